The zero-order valence-corrected chi connectivity index (χ0v) is 22.8. The Hall–Kier alpha value is -2.71. The Bertz CT molecular complexity index is 1060. The average molecular weight is 519 g/mol. The first-order chi connectivity index (χ1) is 17.1. The van der Waals surface area contributed by atoms with E-state index in [1.807, 2.05) is 20.8 Å². The van der Waals surface area contributed by atoms with Gasteiger partial charge in [-0.25, -0.2) is 0 Å². The van der Waals surface area contributed by atoms with Crippen LogP contribution in [0, 0.1) is 34.0 Å². The molecule has 4 rings (SSSR count). The highest BCUT2D eigenvalue weighted by molar-refractivity contribution is 5.86. The minimum absolute atomic E-state index is 0.0770. The number of ether oxygens (including phenoxy) is 4. The van der Waals surface area contributed by atoms with Gasteiger partial charge in [0, 0.05) is 68.6 Å². The van der Waals surface area contributed by atoms with Gasteiger partial charge in [-0.2, -0.15) is 0 Å². The van der Waals surface area contributed by atoms with E-state index in [0.717, 1.165) is 5.57 Å². The van der Waals surface area contributed by atoms with Crippen LogP contribution in [0.25, 0.3) is 0 Å². The molecule has 9 heteroatoms. The number of carbonyl (C=O) groups is 5. The van der Waals surface area contributed by atoms with Crippen molar-refractivity contribution in [3.8, 4) is 0 Å². The summed E-state index contributed by atoms with van der Waals surface area (Å²) < 4.78 is 23.4. The maximum atomic E-state index is 14.3. The first kappa shape index (κ1) is 27.3. The summed E-state index contributed by atoms with van der Waals surface area (Å²) in [5.41, 5.74) is -1.95. The number of fused-ring (bicyclic) bond motifs is 3. The second kappa shape index (κ2) is 8.95. The summed E-state index contributed by atoms with van der Waals surface area (Å²) in [6, 6.07) is 0. The maximum Gasteiger partial charge on any atom is 0.303 e. The highest BCUT2D eigenvalue weighted by Crippen LogP contribution is 2.72. The first-order valence-corrected chi connectivity index (χ1v) is 13.0. The second-order valence-corrected chi connectivity index (χ2v) is 12.3. The number of ketones is 1. The fraction of sp³-hybridized carbons (Fsp3) is 0.750. The molecular weight excluding hydrogens is 480 g/mol. The van der Waals surface area contributed by atoms with Gasteiger partial charge in [0.1, 0.15) is 30.2 Å². The Balaban J connectivity index is 1.95. The predicted molar refractivity (Wildman–Crippen MR) is 130 cm³/mol. The second-order valence-electron chi connectivity index (χ2n) is 12.3. The largest absolute Gasteiger partial charge is 0.462 e. The lowest BCUT2D eigenvalue weighted by Crippen LogP contribution is -2.72. The summed E-state index contributed by atoms with van der Waals surface area (Å²) in [5.74, 6) is -3.27. The lowest BCUT2D eigenvalue weighted by Gasteiger charge is -2.66. The molecule has 0 saturated heterocycles. The van der Waals surface area contributed by atoms with Crippen LogP contribution < -0.4 is 0 Å². The monoisotopic (exact) mass is 518 g/mol. The van der Waals surface area contributed by atoms with Crippen molar-refractivity contribution in [3.63, 3.8) is 0 Å². The van der Waals surface area contributed by atoms with Crippen LogP contribution in [0.2, 0.25) is 0 Å². The highest BCUT2D eigenvalue weighted by atomic mass is 16.6. The van der Waals surface area contributed by atoms with Gasteiger partial charge in [-0.1, -0.05) is 27.4 Å². The molecule has 0 aromatic carbocycles. The van der Waals surface area contributed by atoms with Gasteiger partial charge >= 0.3 is 23.9 Å². The molecule has 9 nitrogen and oxygen atoms in total. The van der Waals surface area contributed by atoms with Crippen molar-refractivity contribution in [2.45, 2.75) is 98.6 Å². The molecule has 37 heavy (non-hydrogen) atoms. The van der Waals surface area contributed by atoms with E-state index in [1.165, 1.54) is 27.7 Å². The van der Waals surface area contributed by atoms with E-state index >= 15 is 0 Å². The van der Waals surface area contributed by atoms with Gasteiger partial charge < -0.3 is 18.9 Å². The first-order valence-electron chi connectivity index (χ1n) is 13.0. The molecule has 9 atom stereocenters. The molecule has 0 N–H and O–H groups in total. The van der Waals surface area contributed by atoms with Crippen molar-refractivity contribution >= 4 is 29.7 Å². The van der Waals surface area contributed by atoms with E-state index in [0.29, 0.717) is 12.8 Å². The SMILES string of the molecule is C=C1C2CC(OC(C)=O)C3C(CC(=O)C4C(C)(C)C(OC(C)=O)CC(OC(C)=O)C43C)(C2)C1OC(C)=O. The molecule has 2 bridgehead atoms. The molecule has 9 unspecified atom stereocenters. The Kier molecular flexibility index (Phi) is 6.61. The van der Waals surface area contributed by atoms with Gasteiger partial charge in [0.25, 0.3) is 0 Å². The molecule has 4 aliphatic rings. The van der Waals surface area contributed by atoms with E-state index in [4.69, 9.17) is 18.9 Å². The minimum Gasteiger partial charge on any atom is -0.462 e. The number of hydrogen-bond donors (Lipinski definition) is 0. The Morgan fingerprint density at radius 2 is 1.35 bits per heavy atom. The van der Waals surface area contributed by atoms with Crippen molar-refractivity contribution < 1.29 is 42.9 Å². The summed E-state index contributed by atoms with van der Waals surface area (Å²) in [5, 5.41) is 0. The summed E-state index contributed by atoms with van der Waals surface area (Å²) in [6.45, 7) is 15.3. The molecule has 0 amide bonds. The van der Waals surface area contributed by atoms with Crippen LogP contribution in [0.3, 0.4) is 0 Å². The van der Waals surface area contributed by atoms with E-state index in [1.54, 1.807) is 0 Å². The van der Waals surface area contributed by atoms with E-state index < -0.39 is 76.4 Å². The summed E-state index contributed by atoms with van der Waals surface area (Å²) >= 11 is 0. The highest BCUT2D eigenvalue weighted by Gasteiger charge is 2.76. The average Bonchev–Trinajstić information content (AvgIpc) is 2.90. The Morgan fingerprint density at radius 3 is 1.89 bits per heavy atom. The van der Waals surface area contributed by atoms with Crippen LogP contribution in [-0.4, -0.2) is 54.1 Å². The van der Waals surface area contributed by atoms with Crippen LogP contribution >= 0.6 is 0 Å². The molecule has 4 aliphatic carbocycles. The van der Waals surface area contributed by atoms with Crippen molar-refractivity contribution in [1.82, 2.24) is 0 Å². The lowest BCUT2D eigenvalue weighted by atomic mass is 9.38. The fourth-order valence-corrected chi connectivity index (χ4v) is 8.84. The van der Waals surface area contributed by atoms with Gasteiger partial charge in [0.2, 0.25) is 0 Å². The van der Waals surface area contributed by atoms with E-state index in [2.05, 4.69) is 6.58 Å². The van der Waals surface area contributed by atoms with Crippen molar-refractivity contribution in [2.75, 3.05) is 0 Å². The molecular formula is C28H38O9. The Labute approximate surface area is 217 Å². The molecule has 4 fully saturated rings. The standard InChI is InChI=1S/C28H38O9/c1-13-18-9-20(34-14(2)29)24-27(8)22(36-16(4)31)10-21(35-15(3)30)26(6,7)23(27)19(33)12-28(24,11-18)25(13)37-17(5)32/h18,20-25H,1,9-12H2,2-8H3. The van der Waals surface area contributed by atoms with Crippen LogP contribution in [-0.2, 0) is 42.9 Å². The molecule has 1 spiro atoms. The van der Waals surface area contributed by atoms with Crippen LogP contribution in [0.1, 0.15) is 74.1 Å². The molecule has 204 valence electrons. The number of esters is 4. The molecule has 0 aliphatic heterocycles. The topological polar surface area (TPSA) is 122 Å². The summed E-state index contributed by atoms with van der Waals surface area (Å²) in [4.78, 5) is 63.1. The van der Waals surface area contributed by atoms with Gasteiger partial charge in [-0.3, -0.25) is 24.0 Å². The number of Topliss-reactive ketones (excluding diaryl/α,β-unsaturated/α-hetero) is 1. The van der Waals surface area contributed by atoms with Gasteiger partial charge in [-0.05, 0) is 24.3 Å². The molecule has 4 saturated carbocycles. The normalized spacial score (nSPS) is 41.6. The zero-order chi connectivity index (χ0) is 27.7. The third-order valence-corrected chi connectivity index (χ3v) is 9.55. The Morgan fingerprint density at radius 1 is 0.811 bits per heavy atom. The molecule has 0 aromatic heterocycles. The van der Waals surface area contributed by atoms with E-state index in [9.17, 15) is 24.0 Å². The number of carbonyl (C=O) groups excluding carboxylic acids is 5. The number of rotatable bonds is 4. The van der Waals surface area contributed by atoms with Crippen molar-refractivity contribution in [1.29, 1.82) is 0 Å². The van der Waals surface area contributed by atoms with Crippen molar-refractivity contribution in [3.05, 3.63) is 12.2 Å². The smallest absolute Gasteiger partial charge is 0.303 e. The van der Waals surface area contributed by atoms with Gasteiger partial charge in [-0.15, -0.1) is 0 Å². The predicted octanol–water partition coefficient (Wildman–Crippen LogP) is 3.32. The van der Waals surface area contributed by atoms with Crippen LogP contribution in [0.5, 0.6) is 0 Å². The molecule has 0 radical (unpaired) electrons. The van der Waals surface area contributed by atoms with Crippen LogP contribution in [0.4, 0.5) is 0 Å². The van der Waals surface area contributed by atoms with Crippen LogP contribution in [0.15, 0.2) is 12.2 Å². The quantitative estimate of drug-likeness (QED) is 0.313. The summed E-state index contributed by atoms with van der Waals surface area (Å²) in [7, 11) is 0. The third kappa shape index (κ3) is 4.09. The van der Waals surface area contributed by atoms with Gasteiger partial charge in [0.05, 0.1) is 0 Å². The fourth-order valence-electron chi connectivity index (χ4n) is 8.84. The molecule has 0 aromatic rings. The van der Waals surface area contributed by atoms with Gasteiger partial charge in [0.15, 0.2) is 0 Å². The lowest BCUT2D eigenvalue weighted by molar-refractivity contribution is -0.260. The van der Waals surface area contributed by atoms with E-state index in [-0.39, 0.29) is 24.5 Å². The molecule has 0 heterocycles. The number of hydrogen-bond acceptors (Lipinski definition) is 9. The third-order valence-electron chi connectivity index (χ3n) is 9.55. The zero-order valence-electron chi connectivity index (χ0n) is 22.8. The minimum atomic E-state index is -1.00. The van der Waals surface area contributed by atoms with Crippen molar-refractivity contribution in [2.24, 2.45) is 34.0 Å². The summed E-state index contributed by atoms with van der Waals surface area (Å²) in [6.07, 6.45) is -1.50. The maximum absolute atomic E-state index is 14.3.